The molecule has 0 aliphatic heterocycles. The molecule has 1 atom stereocenters. The van der Waals surface area contributed by atoms with Crippen LogP contribution in [0, 0.1) is 0 Å². The van der Waals surface area contributed by atoms with Crippen molar-refractivity contribution in [3.63, 3.8) is 0 Å². The molecule has 1 heterocycles. The summed E-state index contributed by atoms with van der Waals surface area (Å²) in [5, 5.41) is 1.02. The lowest BCUT2D eigenvalue weighted by Crippen LogP contribution is -2.17. The van der Waals surface area contributed by atoms with Crippen LogP contribution in [0.4, 0.5) is 0 Å². The maximum atomic E-state index is 11.4. The predicted molar refractivity (Wildman–Crippen MR) is 69.9 cm³/mol. The van der Waals surface area contributed by atoms with E-state index >= 15 is 0 Å². The molecule has 4 nitrogen and oxygen atoms in total. The number of ether oxygens (including phenoxy) is 1. The first-order chi connectivity index (χ1) is 8.72. The average molecular weight is 244 g/mol. The lowest BCUT2D eigenvalue weighted by molar-refractivity contribution is -0.143. The lowest BCUT2D eigenvalue weighted by Gasteiger charge is -2.13. The first-order valence-electron chi connectivity index (χ1n) is 5.97. The predicted octanol–water partition coefficient (Wildman–Crippen LogP) is 2.19. The molecule has 94 valence electrons. The maximum absolute atomic E-state index is 11.4. The monoisotopic (exact) mass is 244 g/mol. The molecule has 4 heteroatoms. The molecule has 2 aromatic rings. The molecular formula is C14H16N2O2. The fraction of sp³-hybridized carbons (Fsp3) is 0.286. The van der Waals surface area contributed by atoms with Crippen LogP contribution in [0.15, 0.2) is 36.5 Å². The van der Waals surface area contributed by atoms with Gasteiger partial charge in [-0.15, -0.1) is 0 Å². The molecule has 0 bridgehead atoms. The number of hydrogen-bond donors (Lipinski definition) is 1. The van der Waals surface area contributed by atoms with Crippen molar-refractivity contribution in [3.05, 3.63) is 42.1 Å². The van der Waals surface area contributed by atoms with Crippen molar-refractivity contribution in [1.82, 2.24) is 4.98 Å². The number of carbonyl (C=O) groups is 1. The van der Waals surface area contributed by atoms with Crippen LogP contribution in [0.2, 0.25) is 0 Å². The van der Waals surface area contributed by atoms with Crippen LogP contribution >= 0.6 is 0 Å². The van der Waals surface area contributed by atoms with Gasteiger partial charge >= 0.3 is 5.97 Å². The summed E-state index contributed by atoms with van der Waals surface area (Å²) in [5.74, 6) is -0.280. The highest BCUT2D eigenvalue weighted by molar-refractivity contribution is 5.82. The standard InChI is InChI=1S/C14H16N2O2/c1-2-18-13(17)9-12(15)11-7-3-5-10-6-4-8-16-14(10)11/h3-8,12H,2,9,15H2,1H3. The maximum Gasteiger partial charge on any atom is 0.307 e. The van der Waals surface area contributed by atoms with Crippen LogP contribution in [-0.2, 0) is 9.53 Å². The summed E-state index contributed by atoms with van der Waals surface area (Å²) in [6.07, 6.45) is 1.90. The van der Waals surface area contributed by atoms with E-state index in [1.54, 1.807) is 13.1 Å². The largest absolute Gasteiger partial charge is 0.466 e. The van der Waals surface area contributed by atoms with E-state index in [0.717, 1.165) is 16.5 Å². The second kappa shape index (κ2) is 5.60. The molecule has 1 aromatic heterocycles. The molecule has 2 N–H and O–H groups in total. The van der Waals surface area contributed by atoms with E-state index < -0.39 is 0 Å². The Bertz CT molecular complexity index is 549. The van der Waals surface area contributed by atoms with Gasteiger partial charge in [0.1, 0.15) is 0 Å². The van der Waals surface area contributed by atoms with Crippen molar-refractivity contribution in [1.29, 1.82) is 0 Å². The number of pyridine rings is 1. The molecule has 0 spiro atoms. The molecule has 18 heavy (non-hydrogen) atoms. The fourth-order valence-corrected chi connectivity index (χ4v) is 1.94. The Labute approximate surface area is 106 Å². The highest BCUT2D eigenvalue weighted by Crippen LogP contribution is 2.23. The van der Waals surface area contributed by atoms with Crippen molar-refractivity contribution in [3.8, 4) is 0 Å². The number of hydrogen-bond acceptors (Lipinski definition) is 4. The summed E-state index contributed by atoms with van der Waals surface area (Å²) < 4.78 is 4.91. The fourth-order valence-electron chi connectivity index (χ4n) is 1.94. The molecule has 0 radical (unpaired) electrons. The Morgan fingerprint density at radius 1 is 1.39 bits per heavy atom. The summed E-state index contributed by atoms with van der Waals surface area (Å²) in [7, 11) is 0. The first-order valence-corrected chi connectivity index (χ1v) is 5.97. The number of nitrogens with zero attached hydrogens (tertiary/aromatic N) is 1. The van der Waals surface area contributed by atoms with Gasteiger partial charge in [-0.25, -0.2) is 0 Å². The molecule has 0 saturated heterocycles. The Morgan fingerprint density at radius 2 is 2.17 bits per heavy atom. The average Bonchev–Trinajstić information content (AvgIpc) is 2.38. The molecule has 0 amide bonds. The number of carbonyl (C=O) groups excluding carboxylic acids is 1. The number of para-hydroxylation sites is 1. The van der Waals surface area contributed by atoms with E-state index in [2.05, 4.69) is 4.98 Å². The van der Waals surface area contributed by atoms with E-state index in [1.165, 1.54) is 0 Å². The Balaban J connectivity index is 2.27. The van der Waals surface area contributed by atoms with Crippen LogP contribution in [0.1, 0.15) is 24.9 Å². The van der Waals surface area contributed by atoms with Crippen molar-refractivity contribution >= 4 is 16.9 Å². The molecule has 0 saturated carbocycles. The quantitative estimate of drug-likeness (QED) is 0.837. The van der Waals surface area contributed by atoms with Crippen LogP contribution in [0.5, 0.6) is 0 Å². The van der Waals surface area contributed by atoms with Gasteiger partial charge in [-0.3, -0.25) is 9.78 Å². The third-order valence-electron chi connectivity index (χ3n) is 2.76. The summed E-state index contributed by atoms with van der Waals surface area (Å²) in [6.45, 7) is 2.15. The van der Waals surface area contributed by atoms with Crippen LogP contribution < -0.4 is 5.73 Å². The van der Waals surface area contributed by atoms with E-state index in [0.29, 0.717) is 6.61 Å². The summed E-state index contributed by atoms with van der Waals surface area (Å²) in [5.41, 5.74) is 7.77. The molecular weight excluding hydrogens is 228 g/mol. The number of nitrogens with two attached hydrogens (primary N) is 1. The van der Waals surface area contributed by atoms with E-state index in [-0.39, 0.29) is 18.4 Å². The van der Waals surface area contributed by atoms with Gasteiger partial charge in [0.05, 0.1) is 18.5 Å². The van der Waals surface area contributed by atoms with Crippen molar-refractivity contribution < 1.29 is 9.53 Å². The van der Waals surface area contributed by atoms with Gasteiger partial charge < -0.3 is 10.5 Å². The molecule has 0 aliphatic rings. The highest BCUT2D eigenvalue weighted by Gasteiger charge is 2.15. The number of esters is 1. The van der Waals surface area contributed by atoms with Gasteiger partial charge in [-0.2, -0.15) is 0 Å². The SMILES string of the molecule is CCOC(=O)CC(N)c1cccc2cccnc12. The number of aromatic nitrogens is 1. The second-order valence-corrected chi connectivity index (χ2v) is 4.04. The Hall–Kier alpha value is -1.94. The van der Waals surface area contributed by atoms with E-state index in [1.807, 2.05) is 30.3 Å². The minimum absolute atomic E-state index is 0.170. The number of rotatable bonds is 4. The van der Waals surface area contributed by atoms with E-state index in [9.17, 15) is 4.79 Å². The first kappa shape index (κ1) is 12.5. The zero-order chi connectivity index (χ0) is 13.0. The zero-order valence-electron chi connectivity index (χ0n) is 10.3. The lowest BCUT2D eigenvalue weighted by atomic mass is 10.0. The normalized spacial score (nSPS) is 12.3. The van der Waals surface area contributed by atoms with Gasteiger partial charge in [0, 0.05) is 17.6 Å². The van der Waals surface area contributed by atoms with Crippen molar-refractivity contribution in [2.45, 2.75) is 19.4 Å². The van der Waals surface area contributed by atoms with Gasteiger partial charge in [-0.05, 0) is 18.6 Å². The van der Waals surface area contributed by atoms with Gasteiger partial charge in [0.15, 0.2) is 0 Å². The number of benzene rings is 1. The zero-order valence-corrected chi connectivity index (χ0v) is 10.3. The summed E-state index contributed by atoms with van der Waals surface area (Å²) >= 11 is 0. The molecule has 2 rings (SSSR count). The van der Waals surface area contributed by atoms with E-state index in [4.69, 9.17) is 10.5 Å². The van der Waals surface area contributed by atoms with Gasteiger partial charge in [0.2, 0.25) is 0 Å². The third kappa shape index (κ3) is 2.65. The Kier molecular flexibility index (Phi) is 3.89. The molecule has 1 unspecified atom stereocenters. The second-order valence-electron chi connectivity index (χ2n) is 4.04. The minimum atomic E-state index is -0.386. The van der Waals surface area contributed by atoms with Crippen molar-refractivity contribution in [2.75, 3.05) is 6.61 Å². The molecule has 0 aliphatic carbocycles. The smallest absolute Gasteiger partial charge is 0.307 e. The Morgan fingerprint density at radius 3 is 2.94 bits per heavy atom. The van der Waals surface area contributed by atoms with Crippen LogP contribution in [0.25, 0.3) is 10.9 Å². The number of fused-ring (bicyclic) bond motifs is 1. The summed E-state index contributed by atoms with van der Waals surface area (Å²) in [4.78, 5) is 15.8. The van der Waals surface area contributed by atoms with Crippen molar-refractivity contribution in [2.24, 2.45) is 5.73 Å². The van der Waals surface area contributed by atoms with Gasteiger partial charge in [-0.1, -0.05) is 24.3 Å². The van der Waals surface area contributed by atoms with Gasteiger partial charge in [0.25, 0.3) is 0 Å². The molecule has 1 aromatic carbocycles. The van der Waals surface area contributed by atoms with Crippen LogP contribution in [0.3, 0.4) is 0 Å². The van der Waals surface area contributed by atoms with Crippen LogP contribution in [-0.4, -0.2) is 17.6 Å². The minimum Gasteiger partial charge on any atom is -0.466 e. The third-order valence-corrected chi connectivity index (χ3v) is 2.76. The summed E-state index contributed by atoms with van der Waals surface area (Å²) in [6, 6.07) is 9.26. The topological polar surface area (TPSA) is 65.2 Å². The highest BCUT2D eigenvalue weighted by atomic mass is 16.5. The molecule has 0 fully saturated rings.